The predicted molar refractivity (Wildman–Crippen MR) is 53.9 cm³/mol. The van der Waals surface area contributed by atoms with Crippen LogP contribution in [0.4, 0.5) is 4.39 Å². The van der Waals surface area contributed by atoms with Crippen molar-refractivity contribution in [2.24, 2.45) is 5.73 Å². The maximum Gasteiger partial charge on any atom is 0.251 e. The molecule has 0 fully saturated rings. The number of ether oxygens (including phenoxy) is 1. The number of carbonyl (C=O) groups excluding carboxylic acids is 1. The van der Waals surface area contributed by atoms with Crippen LogP contribution < -0.4 is 10.5 Å². The molecule has 76 valence electrons. The van der Waals surface area contributed by atoms with Crippen LogP contribution in [-0.2, 0) is 0 Å². The minimum atomic E-state index is -0.809. The maximum absolute atomic E-state index is 13.4. The molecule has 14 heavy (non-hydrogen) atoms. The number of primary amides is 1. The van der Waals surface area contributed by atoms with E-state index in [1.165, 1.54) is 20.1 Å². The lowest BCUT2D eigenvalue weighted by Gasteiger charge is -2.09. The minimum absolute atomic E-state index is 0.164. The van der Waals surface area contributed by atoms with E-state index in [1.54, 1.807) is 0 Å². The Kier molecular flexibility index (Phi) is 3.10. The van der Waals surface area contributed by atoms with Crippen LogP contribution in [0.5, 0.6) is 5.75 Å². The molecule has 1 rings (SSSR count). The molecule has 0 aliphatic carbocycles. The third kappa shape index (κ3) is 1.72. The first-order chi connectivity index (χ1) is 6.49. The van der Waals surface area contributed by atoms with E-state index in [1.807, 2.05) is 0 Å². The molecule has 0 aromatic heterocycles. The zero-order valence-electron chi connectivity index (χ0n) is 7.73. The molecule has 1 amide bonds. The van der Waals surface area contributed by atoms with Crippen LogP contribution in [0.3, 0.4) is 0 Å². The molecule has 0 bridgehead atoms. The van der Waals surface area contributed by atoms with Gasteiger partial charge in [-0.3, -0.25) is 4.79 Å². The van der Waals surface area contributed by atoms with E-state index in [0.717, 1.165) is 0 Å². The first-order valence-electron chi connectivity index (χ1n) is 3.81. The van der Waals surface area contributed by atoms with Gasteiger partial charge in [0.25, 0.3) is 5.91 Å². The fourth-order valence-electron chi connectivity index (χ4n) is 1.07. The lowest BCUT2D eigenvalue weighted by Crippen LogP contribution is -2.14. The summed E-state index contributed by atoms with van der Waals surface area (Å²) in [6.45, 7) is 1.54. The monoisotopic (exact) mass is 261 g/mol. The van der Waals surface area contributed by atoms with Crippen LogP contribution in [0.25, 0.3) is 0 Å². The summed E-state index contributed by atoms with van der Waals surface area (Å²) >= 11 is 3.16. The Bertz CT molecular complexity index is 393. The lowest BCUT2D eigenvalue weighted by molar-refractivity contribution is 0.0996. The molecule has 0 spiro atoms. The molecule has 0 saturated heterocycles. The van der Waals surface area contributed by atoms with Gasteiger partial charge in [0.15, 0.2) is 0 Å². The zero-order chi connectivity index (χ0) is 10.9. The van der Waals surface area contributed by atoms with E-state index in [9.17, 15) is 9.18 Å². The number of benzene rings is 1. The van der Waals surface area contributed by atoms with Gasteiger partial charge in [-0.15, -0.1) is 0 Å². The Morgan fingerprint density at radius 2 is 2.21 bits per heavy atom. The maximum atomic E-state index is 13.4. The van der Waals surface area contributed by atoms with Crippen molar-refractivity contribution < 1.29 is 13.9 Å². The summed E-state index contributed by atoms with van der Waals surface area (Å²) in [5.41, 5.74) is 5.15. The molecule has 0 saturated carbocycles. The van der Waals surface area contributed by atoms with Gasteiger partial charge in [-0.25, -0.2) is 4.39 Å². The molecule has 0 atom stereocenters. The van der Waals surface area contributed by atoms with Crippen molar-refractivity contribution >= 4 is 21.8 Å². The van der Waals surface area contributed by atoms with Gasteiger partial charge >= 0.3 is 0 Å². The van der Waals surface area contributed by atoms with Crippen LogP contribution in [0.1, 0.15) is 15.9 Å². The van der Waals surface area contributed by atoms with E-state index in [0.29, 0.717) is 15.8 Å². The number of hydrogen-bond donors (Lipinski definition) is 1. The van der Waals surface area contributed by atoms with Crippen LogP contribution in [0, 0.1) is 12.7 Å². The fourth-order valence-corrected chi connectivity index (χ4v) is 1.52. The molecule has 0 unspecified atom stereocenters. The third-order valence-corrected chi connectivity index (χ3v) is 2.86. The number of hydrogen-bond acceptors (Lipinski definition) is 2. The number of amides is 1. The topological polar surface area (TPSA) is 52.3 Å². The van der Waals surface area contributed by atoms with Crippen molar-refractivity contribution in [1.29, 1.82) is 0 Å². The standard InChI is InChI=1S/C9H9BrFNO2/c1-4-7(10)6(14-2)3-5(8(4)11)9(12)13/h3H,1-2H3,(H2,12,13). The number of carbonyl (C=O) groups is 1. The summed E-state index contributed by atoms with van der Waals surface area (Å²) in [5, 5.41) is 0. The molecule has 0 aliphatic heterocycles. The van der Waals surface area contributed by atoms with Gasteiger partial charge in [0, 0.05) is 5.56 Å². The Labute approximate surface area is 89.2 Å². The van der Waals surface area contributed by atoms with Crippen LogP contribution in [0.2, 0.25) is 0 Å². The van der Waals surface area contributed by atoms with E-state index >= 15 is 0 Å². The molecule has 0 heterocycles. The number of halogens is 2. The van der Waals surface area contributed by atoms with Gasteiger partial charge in [-0.1, -0.05) is 0 Å². The Morgan fingerprint density at radius 3 is 2.64 bits per heavy atom. The first-order valence-corrected chi connectivity index (χ1v) is 4.60. The highest BCUT2D eigenvalue weighted by Gasteiger charge is 2.17. The minimum Gasteiger partial charge on any atom is -0.496 e. The number of methoxy groups -OCH3 is 1. The van der Waals surface area contributed by atoms with Crippen molar-refractivity contribution in [2.45, 2.75) is 6.92 Å². The van der Waals surface area contributed by atoms with E-state index in [-0.39, 0.29) is 5.56 Å². The summed E-state index contributed by atoms with van der Waals surface area (Å²) in [6, 6.07) is 1.27. The highest BCUT2D eigenvalue weighted by atomic mass is 79.9. The molecular weight excluding hydrogens is 253 g/mol. The molecule has 5 heteroatoms. The smallest absolute Gasteiger partial charge is 0.251 e. The largest absolute Gasteiger partial charge is 0.496 e. The summed E-state index contributed by atoms with van der Waals surface area (Å²) in [5.74, 6) is -1.04. The SMILES string of the molecule is COc1cc(C(N)=O)c(F)c(C)c1Br. The predicted octanol–water partition coefficient (Wildman–Crippen LogP) is 2.00. The normalized spacial score (nSPS) is 10.0. The van der Waals surface area contributed by atoms with Crippen LogP contribution in [0.15, 0.2) is 10.5 Å². The third-order valence-electron chi connectivity index (χ3n) is 1.87. The van der Waals surface area contributed by atoms with Crippen molar-refractivity contribution in [3.05, 3.63) is 27.5 Å². The van der Waals surface area contributed by atoms with Gasteiger partial charge in [-0.05, 0) is 28.9 Å². The van der Waals surface area contributed by atoms with E-state index in [4.69, 9.17) is 10.5 Å². The number of nitrogens with two attached hydrogens (primary N) is 1. The van der Waals surface area contributed by atoms with Crippen molar-refractivity contribution in [3.63, 3.8) is 0 Å². The highest BCUT2D eigenvalue weighted by Crippen LogP contribution is 2.31. The summed E-state index contributed by atoms with van der Waals surface area (Å²) < 4.78 is 18.9. The quantitative estimate of drug-likeness (QED) is 0.886. The first kappa shape index (κ1) is 11.0. The summed E-state index contributed by atoms with van der Waals surface area (Å²) in [4.78, 5) is 10.9. The average Bonchev–Trinajstić information content (AvgIpc) is 2.14. The highest BCUT2D eigenvalue weighted by molar-refractivity contribution is 9.10. The Hall–Kier alpha value is -1.10. The molecule has 3 nitrogen and oxygen atoms in total. The lowest BCUT2D eigenvalue weighted by atomic mass is 10.1. The molecule has 2 N–H and O–H groups in total. The second-order valence-electron chi connectivity index (χ2n) is 2.74. The average molecular weight is 262 g/mol. The molecule has 0 aliphatic rings. The zero-order valence-corrected chi connectivity index (χ0v) is 9.31. The van der Waals surface area contributed by atoms with Crippen LogP contribution in [-0.4, -0.2) is 13.0 Å². The van der Waals surface area contributed by atoms with Crippen molar-refractivity contribution in [3.8, 4) is 5.75 Å². The summed E-state index contributed by atoms with van der Waals surface area (Å²) in [6.07, 6.45) is 0. The van der Waals surface area contributed by atoms with Crippen LogP contribution >= 0.6 is 15.9 Å². The molecule has 1 aromatic rings. The van der Waals surface area contributed by atoms with Gasteiger partial charge < -0.3 is 10.5 Å². The Balaban J connectivity index is 3.48. The number of rotatable bonds is 2. The molecule has 0 radical (unpaired) electrons. The Morgan fingerprint density at radius 1 is 1.64 bits per heavy atom. The molecular formula is C9H9BrFNO2. The molecule has 1 aromatic carbocycles. The van der Waals surface area contributed by atoms with Crippen molar-refractivity contribution in [1.82, 2.24) is 0 Å². The van der Waals surface area contributed by atoms with Gasteiger partial charge in [-0.2, -0.15) is 0 Å². The van der Waals surface area contributed by atoms with Crippen molar-refractivity contribution in [2.75, 3.05) is 7.11 Å². The second kappa shape index (κ2) is 3.96. The van der Waals surface area contributed by atoms with Gasteiger partial charge in [0.2, 0.25) is 0 Å². The second-order valence-corrected chi connectivity index (χ2v) is 3.54. The van der Waals surface area contributed by atoms with E-state index in [2.05, 4.69) is 15.9 Å². The van der Waals surface area contributed by atoms with Gasteiger partial charge in [0.1, 0.15) is 11.6 Å². The summed E-state index contributed by atoms with van der Waals surface area (Å²) in [7, 11) is 1.43. The van der Waals surface area contributed by atoms with E-state index < -0.39 is 11.7 Å². The van der Waals surface area contributed by atoms with Gasteiger partial charge in [0.05, 0.1) is 17.1 Å². The fraction of sp³-hybridized carbons (Fsp3) is 0.222.